The van der Waals surface area contributed by atoms with Crippen molar-refractivity contribution in [2.24, 2.45) is 0 Å². The van der Waals surface area contributed by atoms with E-state index in [4.69, 9.17) is 25.8 Å². The Kier molecular flexibility index (Phi) is 22.9. The largest absolute Gasteiger partial charge is 0.496 e. The Morgan fingerprint density at radius 3 is 1.12 bits per heavy atom. The maximum absolute atomic E-state index is 13.8. The molecule has 13 nitrogen and oxygen atoms in total. The number of aromatic amines is 4. The molecule has 12 aromatic rings. The van der Waals surface area contributed by atoms with E-state index in [-0.39, 0.29) is 33.6 Å². The molecule has 4 aromatic heterocycles. The van der Waals surface area contributed by atoms with Crippen LogP contribution in [0.25, 0.3) is 43.1 Å². The molecule has 0 fully saturated rings. The van der Waals surface area contributed by atoms with E-state index in [0.29, 0.717) is 86.0 Å². The molecule has 0 saturated carbocycles. The second-order valence-electron chi connectivity index (χ2n) is 21.3. The summed E-state index contributed by atoms with van der Waals surface area (Å²) >= 11 is 5.32. The Labute approximate surface area is 561 Å². The van der Waals surface area contributed by atoms with Crippen molar-refractivity contribution in [2.45, 2.75) is 69.8 Å². The van der Waals surface area contributed by atoms with Crippen molar-refractivity contribution in [2.75, 3.05) is 7.11 Å². The van der Waals surface area contributed by atoms with Gasteiger partial charge in [0, 0.05) is 84.2 Å². The van der Waals surface area contributed by atoms with Gasteiger partial charge in [-0.3, -0.25) is 19.2 Å². The average Bonchev–Trinajstić information content (AvgIpc) is 0.809. The highest BCUT2D eigenvalue weighted by Crippen LogP contribution is 2.37. The van der Waals surface area contributed by atoms with Gasteiger partial charge in [0.2, 0.25) is 0 Å². The lowest BCUT2D eigenvalue weighted by molar-refractivity contribution is 0.0167. The minimum Gasteiger partial charge on any atom is -0.496 e. The molecule has 0 atom stereocenters. The number of hydrogen-bond donors (Lipinski definition) is 4. The molecule has 12 rings (SSSR count). The minimum atomic E-state index is -3.00. The Balaban J connectivity index is 0.000000150. The topological polar surface area (TPSA) is 236 Å². The Morgan fingerprint density at radius 2 is 0.750 bits per heavy atom. The summed E-state index contributed by atoms with van der Waals surface area (Å²) < 4.78 is 87.3. The van der Waals surface area contributed by atoms with Gasteiger partial charge in [0.05, 0.1) is 27.2 Å². The van der Waals surface area contributed by atoms with Gasteiger partial charge in [-0.1, -0.05) is 96.6 Å². The first kappa shape index (κ1) is 69.7. The molecule has 0 aliphatic heterocycles. The number of para-hydroxylation sites is 1. The van der Waals surface area contributed by atoms with Gasteiger partial charge in [-0.05, 0) is 115 Å². The number of aromatic nitrogens is 4. The van der Waals surface area contributed by atoms with E-state index >= 15 is 0 Å². The number of methoxy groups -OCH3 is 1. The van der Waals surface area contributed by atoms with Crippen molar-refractivity contribution in [3.8, 4) is 30.0 Å². The number of H-pyrrole nitrogens is 4. The lowest BCUT2D eigenvalue weighted by Crippen LogP contribution is -2.12. The number of pyridine rings is 4. The number of nitrogens with one attached hydrogen (secondary N) is 4. The normalized spacial score (nSPS) is 10.9. The van der Waals surface area contributed by atoms with Gasteiger partial charge in [0.25, 0.3) is 28.2 Å². The van der Waals surface area contributed by atoms with Crippen molar-refractivity contribution in [3.63, 3.8) is 0 Å². The standard InChI is InChI=1S/C19H13F3N2OS.C18H13FN2O2S.2C18H13FN2OS/c1-19(21,22)16-5-3-2-4-11(16)10-26-18-14-8-12(20)6-7-13(14)15(9-23)17(25)24-18;1-23-16-5-3-2-4-11(16)10-24-18-14-8-12(19)6-7-13(14)15(9-20)17(22)21-18;1-11-3-2-4-12(7-11)10-23-18-15-8-13(19)5-6-14(15)16(9-20)17(22)21-18;1-11-4-2-3-5-12(11)10-23-18-15-8-13(19)6-7-14(15)16(9-20)17(22)21-18/h2-8H,10H2,1H3,(H,24,25);2-8H,10H2,1H3,(H,21,22);2*2-8H,10H2,1H3,(H,21,22). The van der Waals surface area contributed by atoms with Crippen LogP contribution in [-0.2, 0) is 28.9 Å². The maximum Gasteiger partial charge on any atom is 0.270 e. The minimum absolute atomic E-state index is 0.00774. The summed E-state index contributed by atoms with van der Waals surface area (Å²) in [6.07, 6.45) is 0. The quantitative estimate of drug-likeness (QED) is 0.0586. The number of benzene rings is 8. The number of nitrogens with zero attached hydrogens (tertiary/aromatic N) is 4. The van der Waals surface area contributed by atoms with Gasteiger partial charge in [-0.25, -0.2) is 26.3 Å². The van der Waals surface area contributed by atoms with Crippen molar-refractivity contribution in [1.29, 1.82) is 21.0 Å². The van der Waals surface area contributed by atoms with E-state index in [1.807, 2.05) is 105 Å². The Hall–Kier alpha value is -10.7. The predicted octanol–water partition coefficient (Wildman–Crippen LogP) is 17.1. The molecule has 0 spiro atoms. The summed E-state index contributed by atoms with van der Waals surface area (Å²) in [5, 5.41) is 42.4. The van der Waals surface area contributed by atoms with E-state index in [9.17, 15) is 45.5 Å². The number of halogens is 6. The summed E-state index contributed by atoms with van der Waals surface area (Å²) in [6, 6.07) is 53.2. The lowest BCUT2D eigenvalue weighted by atomic mass is 10.0. The number of alkyl halides is 2. The average molecular weight is 1360 g/mol. The first-order valence-corrected chi connectivity index (χ1v) is 32.8. The Bertz CT molecular complexity index is 5400. The van der Waals surface area contributed by atoms with E-state index < -0.39 is 51.4 Å². The van der Waals surface area contributed by atoms with Gasteiger partial charge in [0.1, 0.15) is 75.5 Å². The maximum atomic E-state index is 13.8. The van der Waals surface area contributed by atoms with Crippen molar-refractivity contribution in [1.82, 2.24) is 19.9 Å². The van der Waals surface area contributed by atoms with Crippen LogP contribution in [0.5, 0.6) is 5.75 Å². The second-order valence-corrected chi connectivity index (χ2v) is 25.2. The summed E-state index contributed by atoms with van der Waals surface area (Å²) in [5.74, 6) is -1.98. The first-order chi connectivity index (χ1) is 46.1. The molecule has 4 N–H and O–H groups in total. The van der Waals surface area contributed by atoms with Gasteiger partial charge < -0.3 is 24.7 Å². The fourth-order valence-electron chi connectivity index (χ4n) is 10.1. The highest BCUT2D eigenvalue weighted by molar-refractivity contribution is 7.99. The van der Waals surface area contributed by atoms with Crippen LogP contribution in [0.2, 0.25) is 0 Å². The molecule has 0 saturated heterocycles. The Morgan fingerprint density at radius 1 is 0.406 bits per heavy atom. The summed E-state index contributed by atoms with van der Waals surface area (Å²) in [5.41, 5.74) is 3.81. The third-order valence-corrected chi connectivity index (χ3v) is 19.1. The fraction of sp³-hybridized carbons (Fsp3) is 0.123. The molecular weight excluding hydrogens is 1310 g/mol. The summed E-state index contributed by atoms with van der Waals surface area (Å²) in [4.78, 5) is 59.0. The zero-order chi connectivity index (χ0) is 68.8. The third kappa shape index (κ3) is 16.6. The van der Waals surface area contributed by atoms with Crippen LogP contribution < -0.4 is 27.0 Å². The van der Waals surface area contributed by atoms with Crippen LogP contribution in [0.15, 0.2) is 209 Å². The molecular formula is C73H52F6N8O5S4. The molecule has 8 aromatic carbocycles. The van der Waals surface area contributed by atoms with Crippen LogP contribution in [0.3, 0.4) is 0 Å². The number of thioether (sulfide) groups is 4. The van der Waals surface area contributed by atoms with E-state index in [1.54, 1.807) is 19.2 Å². The molecule has 96 heavy (non-hydrogen) atoms. The van der Waals surface area contributed by atoms with Crippen molar-refractivity contribution < 1.29 is 31.1 Å². The number of nitriles is 4. The zero-order valence-corrected chi connectivity index (χ0v) is 54.5. The summed E-state index contributed by atoms with van der Waals surface area (Å²) in [6.45, 7) is 4.86. The van der Waals surface area contributed by atoms with Gasteiger partial charge in [0.15, 0.2) is 0 Å². The first-order valence-electron chi connectivity index (χ1n) is 28.8. The smallest absolute Gasteiger partial charge is 0.270 e. The molecule has 0 bridgehead atoms. The van der Waals surface area contributed by atoms with E-state index in [1.165, 1.54) is 120 Å². The van der Waals surface area contributed by atoms with Gasteiger partial charge >= 0.3 is 0 Å². The number of fused-ring (bicyclic) bond motifs is 4. The zero-order valence-electron chi connectivity index (χ0n) is 51.2. The second kappa shape index (κ2) is 31.5. The van der Waals surface area contributed by atoms with Crippen LogP contribution in [0, 0.1) is 82.4 Å². The SMILES string of the molecule is CC(F)(F)c1ccccc1CSc1[nH]c(=O)c(C#N)c2ccc(F)cc12.COc1ccccc1CSc1[nH]c(=O)c(C#N)c2ccc(F)cc12.Cc1cccc(CSc2[nH]c(=O)c(C#N)c3ccc(F)cc23)c1.Cc1ccccc1CSc1[nH]c(=O)c(C#N)c2ccc(F)cc12. The fourth-order valence-corrected chi connectivity index (χ4v) is 14.2. The van der Waals surface area contributed by atoms with Crippen LogP contribution in [0.4, 0.5) is 26.3 Å². The van der Waals surface area contributed by atoms with Crippen LogP contribution in [0.1, 0.15) is 68.1 Å². The molecule has 0 aliphatic carbocycles. The molecule has 23 heteroatoms. The van der Waals surface area contributed by atoms with Crippen LogP contribution >= 0.6 is 47.0 Å². The number of rotatable bonds is 14. The molecule has 0 unspecified atom stereocenters. The molecule has 4 heterocycles. The van der Waals surface area contributed by atoms with Gasteiger partial charge in [-0.2, -0.15) is 21.0 Å². The third-order valence-electron chi connectivity index (χ3n) is 14.8. The molecule has 0 radical (unpaired) electrons. The lowest BCUT2D eigenvalue weighted by Gasteiger charge is -2.16. The highest BCUT2D eigenvalue weighted by atomic mass is 32.2. The molecule has 0 amide bonds. The number of aryl methyl sites for hydroxylation is 2. The van der Waals surface area contributed by atoms with Crippen molar-refractivity contribution in [3.05, 3.63) is 296 Å². The van der Waals surface area contributed by atoms with Crippen LogP contribution in [-0.4, -0.2) is 27.0 Å². The highest BCUT2D eigenvalue weighted by Gasteiger charge is 2.27. The van der Waals surface area contributed by atoms with Crippen molar-refractivity contribution >= 4 is 90.1 Å². The van der Waals surface area contributed by atoms with E-state index in [0.717, 1.165) is 52.3 Å². The summed E-state index contributed by atoms with van der Waals surface area (Å²) in [7, 11) is 1.60. The van der Waals surface area contributed by atoms with Gasteiger partial charge in [-0.15, -0.1) is 47.0 Å². The monoisotopic (exact) mass is 1360 g/mol. The molecule has 0 aliphatic rings. The number of ether oxygens (including phenoxy) is 1. The van der Waals surface area contributed by atoms with E-state index in [2.05, 4.69) is 26.0 Å². The number of hydrogen-bond acceptors (Lipinski definition) is 13. The molecule has 480 valence electrons. The predicted molar refractivity (Wildman–Crippen MR) is 367 cm³/mol.